The monoisotopic (exact) mass is 320 g/mol. The first kappa shape index (κ1) is 16.2. The van der Waals surface area contributed by atoms with Gasteiger partial charge in [-0.1, -0.05) is 12.1 Å². The predicted octanol–water partition coefficient (Wildman–Crippen LogP) is 3.18. The maximum Gasteiger partial charge on any atom is 0.407 e. The molecule has 1 heterocycles. The minimum absolute atomic E-state index is 0.0333. The molecule has 4 atom stereocenters. The summed E-state index contributed by atoms with van der Waals surface area (Å²) in [6.45, 7) is 6.55. The normalized spacial score (nSPS) is 30.1. The molecule has 1 amide bonds. The molecule has 2 fully saturated rings. The van der Waals surface area contributed by atoms with Crippen LogP contribution in [0.4, 0.5) is 9.18 Å². The summed E-state index contributed by atoms with van der Waals surface area (Å²) >= 11 is 0. The summed E-state index contributed by atoms with van der Waals surface area (Å²) in [5.74, 6) is 0.566. The summed E-state index contributed by atoms with van der Waals surface area (Å²) in [6.07, 6.45) is 1.68. The van der Waals surface area contributed by atoms with Crippen molar-refractivity contribution < 1.29 is 13.9 Å². The highest BCUT2D eigenvalue weighted by molar-refractivity contribution is 5.68. The smallest absolute Gasteiger partial charge is 0.407 e. The Labute approximate surface area is 136 Å². The number of carbonyl (C=O) groups excluding carboxylic acids is 1. The first-order valence-electron chi connectivity index (χ1n) is 8.30. The van der Waals surface area contributed by atoms with E-state index in [4.69, 9.17) is 4.74 Å². The van der Waals surface area contributed by atoms with Crippen molar-refractivity contribution in [1.82, 2.24) is 10.6 Å². The van der Waals surface area contributed by atoms with E-state index >= 15 is 0 Å². The molecule has 3 rings (SSSR count). The van der Waals surface area contributed by atoms with Crippen molar-refractivity contribution in [3.63, 3.8) is 0 Å². The topological polar surface area (TPSA) is 50.4 Å². The molecule has 126 valence electrons. The molecule has 4 nitrogen and oxygen atoms in total. The van der Waals surface area contributed by atoms with Crippen molar-refractivity contribution in [2.75, 3.05) is 6.54 Å². The van der Waals surface area contributed by atoms with Crippen molar-refractivity contribution in [2.45, 2.75) is 57.2 Å². The average Bonchev–Trinajstić information content (AvgIpc) is 2.84. The van der Waals surface area contributed by atoms with Gasteiger partial charge < -0.3 is 15.4 Å². The molecule has 1 saturated carbocycles. The lowest BCUT2D eigenvalue weighted by molar-refractivity contribution is 0.0474. The zero-order valence-electron chi connectivity index (χ0n) is 13.9. The lowest BCUT2D eigenvalue weighted by Crippen LogP contribution is -2.52. The van der Waals surface area contributed by atoms with E-state index in [1.54, 1.807) is 0 Å². The maximum atomic E-state index is 13.2. The van der Waals surface area contributed by atoms with Gasteiger partial charge in [0.2, 0.25) is 0 Å². The third kappa shape index (κ3) is 3.83. The first-order chi connectivity index (χ1) is 10.8. The Balaban J connectivity index is 1.78. The van der Waals surface area contributed by atoms with Gasteiger partial charge in [0.05, 0.1) is 6.04 Å². The van der Waals surface area contributed by atoms with E-state index in [0.29, 0.717) is 5.92 Å². The third-order valence-corrected chi connectivity index (χ3v) is 4.69. The number of nitrogens with one attached hydrogen (secondary N) is 2. The lowest BCUT2D eigenvalue weighted by atomic mass is 9.75. The minimum Gasteiger partial charge on any atom is -0.444 e. The van der Waals surface area contributed by atoms with Gasteiger partial charge in [-0.15, -0.1) is 0 Å². The van der Waals surface area contributed by atoms with E-state index in [-0.39, 0.29) is 29.9 Å². The Kier molecular flexibility index (Phi) is 4.32. The Morgan fingerprint density at radius 3 is 2.61 bits per heavy atom. The van der Waals surface area contributed by atoms with Crippen LogP contribution in [-0.2, 0) is 4.74 Å². The molecule has 2 bridgehead atoms. The van der Waals surface area contributed by atoms with Crippen molar-refractivity contribution in [2.24, 2.45) is 5.92 Å². The molecular formula is C18H25FN2O2. The molecule has 5 heteroatoms. The molecule has 23 heavy (non-hydrogen) atoms. The molecule has 1 aliphatic carbocycles. The molecule has 2 aliphatic rings. The van der Waals surface area contributed by atoms with Gasteiger partial charge in [0.25, 0.3) is 0 Å². The molecule has 1 aliphatic heterocycles. The highest BCUT2D eigenvalue weighted by atomic mass is 19.1. The SMILES string of the molecule is CC(C)(C)OC(=O)NC1C2CC(CN2)CC1c1ccc(F)cc1. The molecule has 1 aromatic carbocycles. The molecule has 4 unspecified atom stereocenters. The predicted molar refractivity (Wildman–Crippen MR) is 86.8 cm³/mol. The van der Waals surface area contributed by atoms with Crippen LogP contribution in [0.1, 0.15) is 45.1 Å². The van der Waals surface area contributed by atoms with E-state index in [2.05, 4.69) is 10.6 Å². The largest absolute Gasteiger partial charge is 0.444 e. The molecule has 0 aromatic heterocycles. The van der Waals surface area contributed by atoms with Crippen LogP contribution in [0.5, 0.6) is 0 Å². The van der Waals surface area contributed by atoms with Gasteiger partial charge in [-0.3, -0.25) is 0 Å². The summed E-state index contributed by atoms with van der Waals surface area (Å²) in [5.41, 5.74) is 0.557. The Bertz CT molecular complexity index is 567. The van der Waals surface area contributed by atoms with Gasteiger partial charge in [-0.25, -0.2) is 9.18 Å². The zero-order chi connectivity index (χ0) is 16.6. The quantitative estimate of drug-likeness (QED) is 0.880. The summed E-state index contributed by atoms with van der Waals surface area (Å²) in [4.78, 5) is 12.2. The fourth-order valence-electron chi connectivity index (χ4n) is 3.78. The van der Waals surface area contributed by atoms with Crippen LogP contribution in [0, 0.1) is 11.7 Å². The fraction of sp³-hybridized carbons (Fsp3) is 0.611. The summed E-state index contributed by atoms with van der Waals surface area (Å²) in [6, 6.07) is 6.85. The molecule has 0 radical (unpaired) electrons. The third-order valence-electron chi connectivity index (χ3n) is 4.69. The van der Waals surface area contributed by atoms with Gasteiger partial charge in [-0.2, -0.15) is 0 Å². The van der Waals surface area contributed by atoms with Gasteiger partial charge in [0.15, 0.2) is 0 Å². The summed E-state index contributed by atoms with van der Waals surface area (Å²) < 4.78 is 18.6. The number of rotatable bonds is 2. The van der Waals surface area contributed by atoms with Gasteiger partial charge in [0.1, 0.15) is 11.4 Å². The van der Waals surface area contributed by atoms with E-state index in [1.807, 2.05) is 32.9 Å². The van der Waals surface area contributed by atoms with Crippen LogP contribution in [0.3, 0.4) is 0 Å². The first-order valence-corrected chi connectivity index (χ1v) is 8.30. The van der Waals surface area contributed by atoms with Crippen LogP contribution >= 0.6 is 0 Å². The summed E-state index contributed by atoms with van der Waals surface area (Å²) in [7, 11) is 0. The number of amides is 1. The number of carbonyl (C=O) groups is 1. The highest BCUT2D eigenvalue weighted by Gasteiger charge is 2.43. The number of hydrogen-bond acceptors (Lipinski definition) is 3. The lowest BCUT2D eigenvalue weighted by Gasteiger charge is -2.37. The van der Waals surface area contributed by atoms with Crippen LogP contribution < -0.4 is 10.6 Å². The second-order valence-electron chi connectivity index (χ2n) is 7.68. The van der Waals surface area contributed by atoms with Crippen molar-refractivity contribution in [3.05, 3.63) is 35.6 Å². The Morgan fingerprint density at radius 1 is 1.26 bits per heavy atom. The van der Waals surface area contributed by atoms with Gasteiger partial charge in [0, 0.05) is 12.0 Å². The van der Waals surface area contributed by atoms with E-state index < -0.39 is 5.60 Å². The van der Waals surface area contributed by atoms with Gasteiger partial charge >= 0.3 is 6.09 Å². The van der Waals surface area contributed by atoms with Gasteiger partial charge in [-0.05, 0) is 63.8 Å². The zero-order valence-corrected chi connectivity index (χ0v) is 13.9. The van der Waals surface area contributed by atoms with Crippen LogP contribution in [0.25, 0.3) is 0 Å². The molecule has 1 saturated heterocycles. The number of benzene rings is 1. The minimum atomic E-state index is -0.518. The number of halogens is 1. The highest BCUT2D eigenvalue weighted by Crippen LogP contribution is 2.39. The molecule has 1 aromatic rings. The van der Waals surface area contributed by atoms with Crippen LogP contribution in [-0.4, -0.2) is 30.3 Å². The van der Waals surface area contributed by atoms with Crippen LogP contribution in [0.2, 0.25) is 0 Å². The molecular weight excluding hydrogens is 295 g/mol. The number of ether oxygens (including phenoxy) is 1. The summed E-state index contributed by atoms with van der Waals surface area (Å²) in [5, 5.41) is 6.55. The Morgan fingerprint density at radius 2 is 1.96 bits per heavy atom. The number of hydrogen-bond donors (Lipinski definition) is 2. The van der Waals surface area contributed by atoms with Crippen molar-refractivity contribution in [3.8, 4) is 0 Å². The maximum absolute atomic E-state index is 13.2. The standard InChI is InChI=1S/C18H25FN2O2/c1-18(2,3)23-17(22)21-16-14(8-11-9-15(16)20-10-11)12-4-6-13(19)7-5-12/h4-7,11,14-16,20H,8-10H2,1-3H3,(H,21,22). The number of alkyl carbamates (subject to hydrolysis) is 1. The van der Waals surface area contributed by atoms with Crippen LogP contribution in [0.15, 0.2) is 24.3 Å². The Hall–Kier alpha value is -1.62. The van der Waals surface area contributed by atoms with E-state index in [9.17, 15) is 9.18 Å². The molecule has 2 N–H and O–H groups in total. The molecule has 0 spiro atoms. The van der Waals surface area contributed by atoms with E-state index in [1.165, 1.54) is 12.1 Å². The fourth-order valence-corrected chi connectivity index (χ4v) is 3.78. The van der Waals surface area contributed by atoms with Crippen molar-refractivity contribution >= 4 is 6.09 Å². The second-order valence-corrected chi connectivity index (χ2v) is 7.68. The number of fused-ring (bicyclic) bond motifs is 2. The van der Waals surface area contributed by atoms with E-state index in [0.717, 1.165) is 24.9 Å². The second kappa shape index (κ2) is 6.11. The van der Waals surface area contributed by atoms with Crippen molar-refractivity contribution in [1.29, 1.82) is 0 Å². The average molecular weight is 320 g/mol.